The molecule has 0 radical (unpaired) electrons. The van der Waals surface area contributed by atoms with Crippen molar-refractivity contribution in [1.82, 2.24) is 9.55 Å². The van der Waals surface area contributed by atoms with E-state index in [1.165, 1.54) is 6.42 Å². The van der Waals surface area contributed by atoms with E-state index in [0.29, 0.717) is 18.5 Å². The Morgan fingerprint density at radius 2 is 2.50 bits per heavy atom. The van der Waals surface area contributed by atoms with Gasteiger partial charge in [0, 0.05) is 18.4 Å². The van der Waals surface area contributed by atoms with Crippen LogP contribution in [-0.2, 0) is 4.74 Å². The molecule has 0 N–H and O–H groups in total. The molecule has 76 valence electrons. The van der Waals surface area contributed by atoms with Crippen LogP contribution in [0.4, 0.5) is 0 Å². The van der Waals surface area contributed by atoms with Gasteiger partial charge in [-0.15, -0.1) is 0 Å². The van der Waals surface area contributed by atoms with Gasteiger partial charge in [0.1, 0.15) is 0 Å². The molecule has 0 aliphatic heterocycles. The molecule has 0 aromatic carbocycles. The lowest BCUT2D eigenvalue weighted by atomic mass is 9.93. The normalized spacial score (nSPS) is 16.4. The van der Waals surface area contributed by atoms with Gasteiger partial charge in [-0.25, -0.2) is 9.78 Å². The van der Waals surface area contributed by atoms with Crippen LogP contribution < -0.4 is 0 Å². The van der Waals surface area contributed by atoms with Gasteiger partial charge < -0.3 is 9.30 Å². The molecule has 2 rings (SSSR count). The van der Waals surface area contributed by atoms with Gasteiger partial charge in [0.15, 0.2) is 0 Å². The minimum atomic E-state index is -0.315. The predicted molar refractivity (Wildman–Crippen MR) is 51.1 cm³/mol. The fraction of sp³-hybridized carbons (Fsp3) is 0.600. The van der Waals surface area contributed by atoms with Crippen LogP contribution in [0.15, 0.2) is 12.4 Å². The van der Waals surface area contributed by atoms with Crippen molar-refractivity contribution in [1.29, 1.82) is 0 Å². The average molecular weight is 194 g/mol. The van der Waals surface area contributed by atoms with E-state index in [1.807, 2.05) is 10.8 Å². The first-order chi connectivity index (χ1) is 6.83. The van der Waals surface area contributed by atoms with Crippen molar-refractivity contribution in [2.45, 2.75) is 32.2 Å². The van der Waals surface area contributed by atoms with Crippen molar-refractivity contribution in [2.24, 2.45) is 0 Å². The zero-order valence-corrected chi connectivity index (χ0v) is 8.27. The first-order valence-electron chi connectivity index (χ1n) is 5.03. The quantitative estimate of drug-likeness (QED) is 0.689. The van der Waals surface area contributed by atoms with Crippen LogP contribution in [0.1, 0.15) is 42.8 Å². The molecule has 0 unspecified atom stereocenters. The fourth-order valence-corrected chi connectivity index (χ4v) is 1.63. The molecule has 1 fully saturated rings. The summed E-state index contributed by atoms with van der Waals surface area (Å²) in [5.41, 5.74) is 0. The first-order valence-corrected chi connectivity index (χ1v) is 5.03. The summed E-state index contributed by atoms with van der Waals surface area (Å²) in [5.74, 6) is 0.126. The van der Waals surface area contributed by atoms with Crippen LogP contribution in [-0.4, -0.2) is 22.1 Å². The molecule has 0 saturated heterocycles. The van der Waals surface area contributed by atoms with Crippen molar-refractivity contribution < 1.29 is 9.53 Å². The van der Waals surface area contributed by atoms with E-state index in [0.717, 1.165) is 12.8 Å². The monoisotopic (exact) mass is 194 g/mol. The number of hydrogen-bond donors (Lipinski definition) is 0. The van der Waals surface area contributed by atoms with Crippen LogP contribution in [0.5, 0.6) is 0 Å². The third kappa shape index (κ3) is 1.52. The van der Waals surface area contributed by atoms with Crippen molar-refractivity contribution >= 4 is 5.97 Å². The minimum Gasteiger partial charge on any atom is -0.460 e. The van der Waals surface area contributed by atoms with E-state index in [9.17, 15) is 4.79 Å². The number of rotatable bonds is 3. The van der Waals surface area contributed by atoms with Gasteiger partial charge in [0.2, 0.25) is 5.82 Å². The molecule has 1 heterocycles. The predicted octanol–water partition coefficient (Wildman–Crippen LogP) is 1.78. The number of carbonyl (C=O) groups excluding carboxylic acids is 1. The molecule has 1 aromatic heterocycles. The van der Waals surface area contributed by atoms with Crippen molar-refractivity contribution in [3.63, 3.8) is 0 Å². The van der Waals surface area contributed by atoms with E-state index >= 15 is 0 Å². The van der Waals surface area contributed by atoms with E-state index < -0.39 is 0 Å². The second-order valence-corrected chi connectivity index (χ2v) is 3.46. The third-order valence-corrected chi connectivity index (χ3v) is 2.59. The highest BCUT2D eigenvalue weighted by molar-refractivity contribution is 5.85. The smallest absolute Gasteiger partial charge is 0.374 e. The highest BCUT2D eigenvalue weighted by atomic mass is 16.5. The maximum atomic E-state index is 11.5. The molecule has 4 nitrogen and oxygen atoms in total. The lowest BCUT2D eigenvalue weighted by Gasteiger charge is -2.27. The SMILES string of the molecule is CCOC(=O)c1nccn1C1CCC1. The summed E-state index contributed by atoms with van der Waals surface area (Å²) < 4.78 is 6.86. The third-order valence-electron chi connectivity index (χ3n) is 2.59. The van der Waals surface area contributed by atoms with E-state index in [1.54, 1.807) is 13.1 Å². The standard InChI is InChI=1S/C10H14N2O2/c1-2-14-10(13)9-11-6-7-12(9)8-4-3-5-8/h6-8H,2-5H2,1H3. The molecular formula is C10H14N2O2. The second kappa shape index (κ2) is 3.82. The summed E-state index contributed by atoms with van der Waals surface area (Å²) in [7, 11) is 0. The van der Waals surface area contributed by atoms with E-state index in [2.05, 4.69) is 4.98 Å². The molecule has 1 aliphatic carbocycles. The molecule has 0 bridgehead atoms. The number of ether oxygens (including phenoxy) is 1. The molecule has 0 atom stereocenters. The van der Waals surface area contributed by atoms with Crippen LogP contribution in [0.25, 0.3) is 0 Å². The molecule has 1 aromatic rings. The topological polar surface area (TPSA) is 44.1 Å². The Balaban J connectivity index is 2.16. The van der Waals surface area contributed by atoms with Crippen molar-refractivity contribution in [3.8, 4) is 0 Å². The number of esters is 1. The van der Waals surface area contributed by atoms with Gasteiger partial charge in [-0.3, -0.25) is 0 Å². The number of aromatic nitrogens is 2. The molecule has 1 aliphatic rings. The Morgan fingerprint density at radius 3 is 3.07 bits per heavy atom. The van der Waals surface area contributed by atoms with Crippen LogP contribution in [0.2, 0.25) is 0 Å². The van der Waals surface area contributed by atoms with Crippen molar-refractivity contribution in [3.05, 3.63) is 18.2 Å². The largest absolute Gasteiger partial charge is 0.460 e. The lowest BCUT2D eigenvalue weighted by Crippen LogP contribution is -2.22. The van der Waals surface area contributed by atoms with Crippen LogP contribution >= 0.6 is 0 Å². The van der Waals surface area contributed by atoms with Gasteiger partial charge in [0.25, 0.3) is 0 Å². The Bertz CT molecular complexity index is 329. The lowest BCUT2D eigenvalue weighted by molar-refractivity contribution is 0.0500. The summed E-state index contributed by atoms with van der Waals surface area (Å²) in [4.78, 5) is 15.5. The van der Waals surface area contributed by atoms with Gasteiger partial charge in [0.05, 0.1) is 6.61 Å². The zero-order chi connectivity index (χ0) is 9.97. The van der Waals surface area contributed by atoms with E-state index in [-0.39, 0.29) is 5.97 Å². The number of hydrogen-bond acceptors (Lipinski definition) is 3. The van der Waals surface area contributed by atoms with E-state index in [4.69, 9.17) is 4.74 Å². The maximum absolute atomic E-state index is 11.5. The molecule has 4 heteroatoms. The summed E-state index contributed by atoms with van der Waals surface area (Å²) in [6.07, 6.45) is 7.04. The summed E-state index contributed by atoms with van der Waals surface area (Å²) in [6.45, 7) is 2.20. The highest BCUT2D eigenvalue weighted by Gasteiger charge is 2.24. The Hall–Kier alpha value is -1.32. The first kappa shape index (κ1) is 9.24. The summed E-state index contributed by atoms with van der Waals surface area (Å²) in [6, 6.07) is 0.455. The molecule has 1 saturated carbocycles. The van der Waals surface area contributed by atoms with Gasteiger partial charge in [-0.1, -0.05) is 0 Å². The van der Waals surface area contributed by atoms with Gasteiger partial charge in [-0.05, 0) is 26.2 Å². The zero-order valence-electron chi connectivity index (χ0n) is 8.27. The molecule has 14 heavy (non-hydrogen) atoms. The molecule has 0 amide bonds. The van der Waals surface area contributed by atoms with Gasteiger partial charge >= 0.3 is 5.97 Å². The molecule has 0 spiro atoms. The summed E-state index contributed by atoms with van der Waals surface area (Å²) >= 11 is 0. The van der Waals surface area contributed by atoms with Gasteiger partial charge in [-0.2, -0.15) is 0 Å². The van der Waals surface area contributed by atoms with Crippen LogP contribution in [0.3, 0.4) is 0 Å². The second-order valence-electron chi connectivity index (χ2n) is 3.46. The van der Waals surface area contributed by atoms with Crippen LogP contribution in [0, 0.1) is 0 Å². The van der Waals surface area contributed by atoms with Crippen molar-refractivity contribution in [2.75, 3.05) is 6.61 Å². The maximum Gasteiger partial charge on any atom is 0.374 e. The number of carbonyl (C=O) groups is 1. The summed E-state index contributed by atoms with van der Waals surface area (Å²) in [5, 5.41) is 0. The Kier molecular flexibility index (Phi) is 2.52. The highest BCUT2D eigenvalue weighted by Crippen LogP contribution is 2.32. The average Bonchev–Trinajstić information content (AvgIpc) is 2.50. The Labute approximate surface area is 82.9 Å². The fourth-order valence-electron chi connectivity index (χ4n) is 1.63. The number of nitrogens with zero attached hydrogens (tertiary/aromatic N) is 2. The Morgan fingerprint density at radius 1 is 1.71 bits per heavy atom. The molecular weight excluding hydrogens is 180 g/mol. The minimum absolute atomic E-state index is 0.315. The number of imidazole rings is 1.